The van der Waals surface area contributed by atoms with E-state index in [4.69, 9.17) is 0 Å². The molecule has 160 valence electrons. The number of carbonyl (C=O) groups is 1. The van der Waals surface area contributed by atoms with Gasteiger partial charge in [0.2, 0.25) is 5.91 Å². The first kappa shape index (κ1) is 20.7. The molecule has 1 unspecified atom stereocenters. The molecule has 4 rings (SSSR count). The highest BCUT2D eigenvalue weighted by Gasteiger charge is 2.22. The molecule has 30 heavy (non-hydrogen) atoms. The Kier molecular flexibility index (Phi) is 6.29. The van der Waals surface area contributed by atoms with E-state index in [0.29, 0.717) is 32.4 Å². The Morgan fingerprint density at radius 3 is 2.93 bits per heavy atom. The molecule has 0 spiro atoms. The molecule has 1 N–H and O–H groups in total. The van der Waals surface area contributed by atoms with Gasteiger partial charge in [-0.1, -0.05) is 12.1 Å². The number of aryl methyl sites for hydroxylation is 2. The molecule has 0 radical (unpaired) electrons. The van der Waals surface area contributed by atoms with Gasteiger partial charge in [0.15, 0.2) is 0 Å². The number of nitrogens with zero attached hydrogens (tertiary/aromatic N) is 5. The van der Waals surface area contributed by atoms with E-state index >= 15 is 0 Å². The van der Waals surface area contributed by atoms with Crippen LogP contribution >= 0.6 is 11.3 Å². The van der Waals surface area contributed by atoms with Crippen LogP contribution in [0.5, 0.6) is 0 Å². The fourth-order valence-corrected chi connectivity index (χ4v) is 4.73. The van der Waals surface area contributed by atoms with Crippen molar-refractivity contribution in [3.8, 4) is 0 Å². The lowest BCUT2D eigenvalue weighted by molar-refractivity contribution is -0.121. The third-order valence-corrected chi connectivity index (χ3v) is 6.54. The van der Waals surface area contributed by atoms with Gasteiger partial charge in [0, 0.05) is 38.4 Å². The molecule has 0 saturated heterocycles. The van der Waals surface area contributed by atoms with Crippen LogP contribution in [0.4, 0.5) is 0 Å². The van der Waals surface area contributed by atoms with Gasteiger partial charge in [0.25, 0.3) is 0 Å². The lowest BCUT2D eigenvalue weighted by Crippen LogP contribution is -2.36. The Bertz CT molecular complexity index is 1050. The van der Waals surface area contributed by atoms with Crippen molar-refractivity contribution in [2.45, 2.75) is 51.2 Å². The molecular formula is C21H28N6O2S. The van der Waals surface area contributed by atoms with Gasteiger partial charge in [-0.2, -0.15) is 5.10 Å². The summed E-state index contributed by atoms with van der Waals surface area (Å²) >= 11 is 1.65. The van der Waals surface area contributed by atoms with Crippen molar-refractivity contribution in [3.63, 3.8) is 0 Å². The number of amides is 1. The van der Waals surface area contributed by atoms with Crippen LogP contribution in [-0.4, -0.2) is 56.8 Å². The van der Waals surface area contributed by atoms with Crippen LogP contribution in [0.15, 0.2) is 29.1 Å². The third-order valence-electron chi connectivity index (χ3n) is 5.45. The summed E-state index contributed by atoms with van der Waals surface area (Å²) in [5.74, 6) is 0.868. The summed E-state index contributed by atoms with van der Waals surface area (Å²) in [7, 11) is 3.96. The van der Waals surface area contributed by atoms with E-state index in [9.17, 15) is 9.59 Å². The van der Waals surface area contributed by atoms with E-state index in [1.54, 1.807) is 20.6 Å². The van der Waals surface area contributed by atoms with E-state index < -0.39 is 0 Å². The molecule has 1 aromatic carbocycles. The van der Waals surface area contributed by atoms with E-state index in [0.717, 1.165) is 40.4 Å². The van der Waals surface area contributed by atoms with Crippen molar-refractivity contribution in [3.05, 3.63) is 45.6 Å². The second kappa shape index (κ2) is 9.09. The number of hydrogen-bond donors (Lipinski definition) is 1. The Labute approximate surface area is 179 Å². The van der Waals surface area contributed by atoms with Gasteiger partial charge in [0.05, 0.1) is 21.8 Å². The van der Waals surface area contributed by atoms with Crippen molar-refractivity contribution < 1.29 is 4.79 Å². The third kappa shape index (κ3) is 4.79. The molecule has 1 aliphatic heterocycles. The first-order chi connectivity index (χ1) is 14.5. The Balaban J connectivity index is 1.29. The average Bonchev–Trinajstić information content (AvgIpc) is 3.20. The zero-order valence-corrected chi connectivity index (χ0v) is 18.3. The number of likely N-dealkylation sites (N-methyl/N-ethyl adjacent to an activating group) is 1. The summed E-state index contributed by atoms with van der Waals surface area (Å²) in [4.78, 5) is 31.7. The normalized spacial score (nSPS) is 16.6. The van der Waals surface area contributed by atoms with Crippen LogP contribution in [0.1, 0.15) is 30.1 Å². The average molecular weight is 429 g/mol. The maximum atomic E-state index is 12.6. The van der Waals surface area contributed by atoms with E-state index in [-0.39, 0.29) is 17.6 Å². The molecule has 9 heteroatoms. The lowest BCUT2D eigenvalue weighted by atomic mass is 10.1. The highest BCUT2D eigenvalue weighted by molar-refractivity contribution is 7.18. The second-order valence-corrected chi connectivity index (χ2v) is 9.16. The number of carbonyl (C=O) groups excluding carboxylic acids is 1. The smallest absolute Gasteiger partial charge is 0.345 e. The van der Waals surface area contributed by atoms with Gasteiger partial charge in [-0.15, -0.1) is 11.3 Å². The minimum Gasteiger partial charge on any atom is -0.353 e. The van der Waals surface area contributed by atoms with Crippen LogP contribution in [0.25, 0.3) is 10.2 Å². The second-order valence-electron chi connectivity index (χ2n) is 8.04. The zero-order valence-electron chi connectivity index (χ0n) is 17.5. The first-order valence-corrected chi connectivity index (χ1v) is 11.3. The summed E-state index contributed by atoms with van der Waals surface area (Å²) in [6.45, 7) is 1.97. The molecule has 1 amide bonds. The molecule has 1 aliphatic rings. The van der Waals surface area contributed by atoms with Gasteiger partial charge in [-0.05, 0) is 39.1 Å². The summed E-state index contributed by atoms with van der Waals surface area (Å²) in [5, 5.41) is 8.65. The van der Waals surface area contributed by atoms with E-state index in [2.05, 4.69) is 21.5 Å². The highest BCUT2D eigenvalue weighted by Crippen LogP contribution is 2.22. The molecule has 0 fully saturated rings. The van der Waals surface area contributed by atoms with Crippen LogP contribution < -0.4 is 11.0 Å². The van der Waals surface area contributed by atoms with Gasteiger partial charge < -0.3 is 10.2 Å². The number of thiazole rings is 1. The zero-order chi connectivity index (χ0) is 21.1. The van der Waals surface area contributed by atoms with Crippen molar-refractivity contribution >= 4 is 27.5 Å². The Morgan fingerprint density at radius 2 is 2.13 bits per heavy atom. The summed E-state index contributed by atoms with van der Waals surface area (Å²) in [6.07, 6.45) is 3.33. The molecule has 0 aliphatic carbocycles. The van der Waals surface area contributed by atoms with Crippen molar-refractivity contribution in [2.24, 2.45) is 0 Å². The van der Waals surface area contributed by atoms with Crippen molar-refractivity contribution in [2.75, 3.05) is 20.6 Å². The number of hydrogen-bond acceptors (Lipinski definition) is 6. The predicted octanol–water partition coefficient (Wildman–Crippen LogP) is 1.67. The maximum Gasteiger partial charge on any atom is 0.345 e. The fraction of sp³-hybridized carbons (Fsp3) is 0.524. The highest BCUT2D eigenvalue weighted by atomic mass is 32.1. The molecule has 3 aromatic rings. The number of para-hydroxylation sites is 1. The molecular weight excluding hydrogens is 400 g/mol. The van der Waals surface area contributed by atoms with Crippen LogP contribution in [0.3, 0.4) is 0 Å². The van der Waals surface area contributed by atoms with Gasteiger partial charge in [0.1, 0.15) is 5.82 Å². The molecule has 3 heterocycles. The number of fused-ring (bicyclic) bond motifs is 2. The van der Waals surface area contributed by atoms with E-state index in [1.807, 2.05) is 37.2 Å². The van der Waals surface area contributed by atoms with Crippen LogP contribution in [0.2, 0.25) is 0 Å². The minimum absolute atomic E-state index is 0.0437. The molecule has 2 aromatic heterocycles. The molecule has 8 nitrogen and oxygen atoms in total. The molecule has 0 bridgehead atoms. The summed E-state index contributed by atoms with van der Waals surface area (Å²) in [6, 6.07) is 8.11. The number of aromatic nitrogens is 4. The fourth-order valence-electron chi connectivity index (χ4n) is 3.76. The lowest BCUT2D eigenvalue weighted by Gasteiger charge is -2.15. The van der Waals surface area contributed by atoms with Crippen LogP contribution in [0, 0.1) is 0 Å². The van der Waals surface area contributed by atoms with Gasteiger partial charge in [-0.3, -0.25) is 9.36 Å². The first-order valence-electron chi connectivity index (χ1n) is 10.4. The maximum absolute atomic E-state index is 12.6. The van der Waals surface area contributed by atoms with Crippen LogP contribution in [-0.2, 0) is 30.7 Å². The Hall–Kier alpha value is -2.52. The SMILES string of the molecule is CN(C)CCn1nc2n(c1=O)CCC(NC(=O)CCc1nc3ccccc3s1)CC2. The molecule has 1 atom stereocenters. The monoisotopic (exact) mass is 428 g/mol. The van der Waals surface area contributed by atoms with Gasteiger partial charge in [-0.25, -0.2) is 14.5 Å². The van der Waals surface area contributed by atoms with Crippen molar-refractivity contribution in [1.82, 2.24) is 29.5 Å². The quantitative estimate of drug-likeness (QED) is 0.619. The summed E-state index contributed by atoms with van der Waals surface area (Å²) in [5.41, 5.74) is 0.946. The van der Waals surface area contributed by atoms with Gasteiger partial charge >= 0.3 is 5.69 Å². The topological polar surface area (TPSA) is 85.0 Å². The number of nitrogens with one attached hydrogen (secondary N) is 1. The Morgan fingerprint density at radius 1 is 1.30 bits per heavy atom. The predicted molar refractivity (Wildman–Crippen MR) is 118 cm³/mol. The number of rotatable bonds is 7. The molecule has 0 saturated carbocycles. The minimum atomic E-state index is -0.0466. The van der Waals surface area contributed by atoms with Crippen molar-refractivity contribution in [1.29, 1.82) is 0 Å². The summed E-state index contributed by atoms with van der Waals surface area (Å²) < 4.78 is 4.48. The standard InChI is InChI=1S/C21H28N6O2S/c1-25(2)13-14-27-21(29)26-12-11-15(7-8-18(26)24-27)22-19(28)9-10-20-23-16-5-3-4-6-17(16)30-20/h3-6,15H,7-14H2,1-2H3,(H,22,28). The van der Waals surface area contributed by atoms with E-state index in [1.165, 1.54) is 0 Å². The largest absolute Gasteiger partial charge is 0.353 e. The number of benzene rings is 1.